The topological polar surface area (TPSA) is 97.6 Å². The van der Waals surface area contributed by atoms with Crippen LogP contribution in [-0.2, 0) is 10.2 Å². The monoisotopic (exact) mass is 321 g/mol. The summed E-state index contributed by atoms with van der Waals surface area (Å²) in [5.74, 6) is -0.274. The van der Waals surface area contributed by atoms with Gasteiger partial charge in [-0.1, -0.05) is 18.9 Å². The van der Waals surface area contributed by atoms with E-state index in [1.54, 1.807) is 18.6 Å². The highest BCUT2D eigenvalue weighted by Crippen LogP contribution is 2.49. The summed E-state index contributed by atoms with van der Waals surface area (Å²) in [6.45, 7) is 0. The fourth-order valence-electron chi connectivity index (χ4n) is 4.07. The number of carbonyl (C=O) groups excluding carboxylic acids is 1. The number of nitrogens with one attached hydrogen (secondary N) is 1. The lowest BCUT2D eigenvalue weighted by Gasteiger charge is -2.42. The molecule has 6 nitrogen and oxygen atoms in total. The minimum atomic E-state index is -0.750. The maximum absolute atomic E-state index is 12.7. The second-order valence-corrected chi connectivity index (χ2v) is 6.45. The van der Waals surface area contributed by atoms with E-state index < -0.39 is 5.41 Å². The molecule has 3 N–H and O–H groups in total. The third-order valence-electron chi connectivity index (χ3n) is 5.24. The summed E-state index contributed by atoms with van der Waals surface area (Å²) in [4.78, 5) is 21.4. The van der Waals surface area contributed by atoms with Crippen LogP contribution in [0.4, 0.5) is 0 Å². The highest BCUT2D eigenvalue weighted by atomic mass is 16.1. The van der Waals surface area contributed by atoms with Crippen molar-refractivity contribution in [3.8, 4) is 0 Å². The molecular formula is C18H19N5O. The van der Waals surface area contributed by atoms with Crippen molar-refractivity contribution in [3.05, 3.63) is 54.1 Å². The molecule has 1 aliphatic rings. The van der Waals surface area contributed by atoms with Gasteiger partial charge in [0.15, 0.2) is 5.65 Å². The van der Waals surface area contributed by atoms with Crippen LogP contribution >= 0.6 is 0 Å². The second kappa shape index (κ2) is 5.70. The number of hydrogen-bond acceptors (Lipinski definition) is 4. The van der Waals surface area contributed by atoms with Gasteiger partial charge < -0.3 is 5.73 Å². The first-order valence-corrected chi connectivity index (χ1v) is 8.21. The number of carbonyl (C=O) groups is 1. The Morgan fingerprint density at radius 1 is 1.29 bits per heavy atom. The number of H-pyrrole nitrogens is 1. The molecule has 3 aromatic rings. The van der Waals surface area contributed by atoms with Crippen molar-refractivity contribution in [1.29, 1.82) is 0 Å². The Balaban J connectivity index is 1.90. The maximum atomic E-state index is 12.7. The van der Waals surface area contributed by atoms with E-state index in [0.717, 1.165) is 42.2 Å². The van der Waals surface area contributed by atoms with Crippen LogP contribution in [-0.4, -0.2) is 26.1 Å². The van der Waals surface area contributed by atoms with Crippen molar-refractivity contribution in [2.75, 3.05) is 0 Å². The molecular weight excluding hydrogens is 302 g/mol. The van der Waals surface area contributed by atoms with E-state index in [0.29, 0.717) is 5.65 Å². The molecule has 0 bridgehead atoms. The summed E-state index contributed by atoms with van der Waals surface area (Å²) in [6.07, 6.45) is 10.8. The molecule has 1 fully saturated rings. The molecule has 0 aliphatic heterocycles. The predicted octanol–water partition coefficient (Wildman–Crippen LogP) is 2.43. The minimum absolute atomic E-state index is 0.0172. The lowest BCUT2D eigenvalue weighted by Crippen LogP contribution is -2.48. The van der Waals surface area contributed by atoms with Gasteiger partial charge in [-0.25, -0.2) is 4.98 Å². The van der Waals surface area contributed by atoms with Gasteiger partial charge in [-0.05, 0) is 36.1 Å². The smallest absolute Gasteiger partial charge is 0.228 e. The van der Waals surface area contributed by atoms with Crippen LogP contribution in [0.3, 0.4) is 0 Å². The van der Waals surface area contributed by atoms with Crippen molar-refractivity contribution in [2.24, 2.45) is 5.73 Å². The predicted molar refractivity (Wildman–Crippen MR) is 90.2 cm³/mol. The Kier molecular flexibility index (Phi) is 3.52. The van der Waals surface area contributed by atoms with Crippen LogP contribution in [0.25, 0.3) is 11.0 Å². The number of aromatic amines is 1. The number of nitrogens with two attached hydrogens (primary N) is 1. The highest BCUT2D eigenvalue weighted by molar-refractivity contribution is 5.89. The Hall–Kier alpha value is -2.76. The molecule has 0 radical (unpaired) electrons. The molecule has 1 aliphatic carbocycles. The van der Waals surface area contributed by atoms with E-state index in [1.807, 2.05) is 24.4 Å². The second-order valence-electron chi connectivity index (χ2n) is 6.45. The first kappa shape index (κ1) is 14.8. The van der Waals surface area contributed by atoms with Gasteiger partial charge in [0.05, 0.1) is 11.6 Å². The maximum Gasteiger partial charge on any atom is 0.228 e. The third-order valence-corrected chi connectivity index (χ3v) is 5.24. The minimum Gasteiger partial charge on any atom is -0.369 e. The van der Waals surface area contributed by atoms with Crippen molar-refractivity contribution in [1.82, 2.24) is 20.2 Å². The molecule has 2 atom stereocenters. The number of pyridine rings is 2. The standard InChI is InChI=1S/C18H19N5O/c19-17(24)18(14-8-13-10-22-23-16(13)21-11-14)6-2-1-5-15(18)12-4-3-7-20-9-12/h3-4,7-11,15H,1-2,5-6H2,(H2,19,24)(H,21,22,23). The first-order chi connectivity index (χ1) is 11.7. The SMILES string of the molecule is NC(=O)C1(c2cnc3[nH]ncc3c2)CCCCC1c1cccnc1. The Bertz CT molecular complexity index is 875. The van der Waals surface area contributed by atoms with Crippen LogP contribution in [0, 0.1) is 0 Å². The molecule has 1 saturated carbocycles. The molecule has 24 heavy (non-hydrogen) atoms. The van der Waals surface area contributed by atoms with Crippen LogP contribution in [0.2, 0.25) is 0 Å². The van der Waals surface area contributed by atoms with Crippen LogP contribution in [0.5, 0.6) is 0 Å². The molecule has 3 heterocycles. The van der Waals surface area contributed by atoms with E-state index in [4.69, 9.17) is 5.73 Å². The summed E-state index contributed by atoms with van der Waals surface area (Å²) < 4.78 is 0. The van der Waals surface area contributed by atoms with Crippen molar-refractivity contribution in [2.45, 2.75) is 37.0 Å². The summed E-state index contributed by atoms with van der Waals surface area (Å²) in [6, 6.07) is 5.93. The number of hydrogen-bond donors (Lipinski definition) is 2. The Labute approximate surface area is 139 Å². The molecule has 0 spiro atoms. The van der Waals surface area contributed by atoms with Gasteiger partial charge in [0, 0.05) is 29.9 Å². The van der Waals surface area contributed by atoms with E-state index in [-0.39, 0.29) is 11.8 Å². The number of amides is 1. The third kappa shape index (κ3) is 2.18. The van der Waals surface area contributed by atoms with E-state index in [2.05, 4.69) is 20.2 Å². The van der Waals surface area contributed by atoms with Gasteiger partial charge in [-0.3, -0.25) is 14.9 Å². The molecule has 0 saturated heterocycles. The number of fused-ring (bicyclic) bond motifs is 1. The normalized spacial score (nSPS) is 24.1. The van der Waals surface area contributed by atoms with Crippen LogP contribution < -0.4 is 5.73 Å². The number of aromatic nitrogens is 4. The fraction of sp³-hybridized carbons (Fsp3) is 0.333. The van der Waals surface area contributed by atoms with Gasteiger partial charge in [0.2, 0.25) is 5.91 Å². The molecule has 0 aromatic carbocycles. The van der Waals surface area contributed by atoms with Crippen molar-refractivity contribution < 1.29 is 4.79 Å². The largest absolute Gasteiger partial charge is 0.369 e. The molecule has 4 rings (SSSR count). The number of rotatable bonds is 3. The molecule has 1 amide bonds. The highest BCUT2D eigenvalue weighted by Gasteiger charge is 2.48. The summed E-state index contributed by atoms with van der Waals surface area (Å²) >= 11 is 0. The summed E-state index contributed by atoms with van der Waals surface area (Å²) in [5.41, 5.74) is 7.87. The molecule has 122 valence electrons. The molecule has 2 unspecified atom stereocenters. The first-order valence-electron chi connectivity index (χ1n) is 8.21. The van der Waals surface area contributed by atoms with Gasteiger partial charge in [-0.15, -0.1) is 0 Å². The average molecular weight is 321 g/mol. The zero-order valence-electron chi connectivity index (χ0n) is 13.3. The van der Waals surface area contributed by atoms with Crippen LogP contribution in [0.1, 0.15) is 42.7 Å². The number of nitrogens with zero attached hydrogens (tertiary/aromatic N) is 3. The zero-order chi connectivity index (χ0) is 16.6. The average Bonchev–Trinajstić information content (AvgIpc) is 3.10. The Morgan fingerprint density at radius 3 is 3.00 bits per heavy atom. The number of primary amides is 1. The quantitative estimate of drug-likeness (QED) is 0.774. The fourth-order valence-corrected chi connectivity index (χ4v) is 4.07. The van der Waals surface area contributed by atoms with E-state index >= 15 is 0 Å². The molecule has 3 aromatic heterocycles. The van der Waals surface area contributed by atoms with Gasteiger partial charge in [0.25, 0.3) is 0 Å². The summed E-state index contributed by atoms with van der Waals surface area (Å²) in [5, 5.41) is 7.76. The van der Waals surface area contributed by atoms with Gasteiger partial charge >= 0.3 is 0 Å². The summed E-state index contributed by atoms with van der Waals surface area (Å²) in [7, 11) is 0. The van der Waals surface area contributed by atoms with Crippen molar-refractivity contribution >= 4 is 16.9 Å². The zero-order valence-corrected chi connectivity index (χ0v) is 13.3. The lowest BCUT2D eigenvalue weighted by molar-refractivity contribution is -0.125. The van der Waals surface area contributed by atoms with Crippen LogP contribution in [0.15, 0.2) is 43.0 Å². The lowest BCUT2D eigenvalue weighted by atomic mass is 9.60. The van der Waals surface area contributed by atoms with Gasteiger partial charge in [-0.2, -0.15) is 5.10 Å². The van der Waals surface area contributed by atoms with Gasteiger partial charge in [0.1, 0.15) is 0 Å². The Morgan fingerprint density at radius 2 is 2.21 bits per heavy atom. The van der Waals surface area contributed by atoms with E-state index in [9.17, 15) is 4.79 Å². The van der Waals surface area contributed by atoms with Crippen molar-refractivity contribution in [3.63, 3.8) is 0 Å². The molecule has 6 heteroatoms. The van der Waals surface area contributed by atoms with E-state index in [1.165, 1.54) is 0 Å².